The molecule has 1 amide bonds. The number of ether oxygens (including phenoxy) is 1. The van der Waals surface area contributed by atoms with Crippen LogP contribution in [-0.2, 0) is 14.3 Å². The van der Waals surface area contributed by atoms with Gasteiger partial charge in [0.05, 0.1) is 17.2 Å². The summed E-state index contributed by atoms with van der Waals surface area (Å²) >= 11 is 1.24. The Bertz CT molecular complexity index is 1250. The molecule has 34 heavy (non-hydrogen) atoms. The van der Waals surface area contributed by atoms with E-state index in [1.807, 2.05) is 48.5 Å². The second-order valence-corrected chi connectivity index (χ2v) is 8.35. The Morgan fingerprint density at radius 1 is 1.00 bits per heavy atom. The minimum atomic E-state index is -1.22. The Hall–Kier alpha value is -4.04. The molecule has 170 valence electrons. The maximum atomic E-state index is 12.4. The topological polar surface area (TPSA) is 97.2 Å². The van der Waals surface area contributed by atoms with Crippen molar-refractivity contribution in [1.29, 1.82) is 0 Å². The first-order chi connectivity index (χ1) is 16.6. The summed E-state index contributed by atoms with van der Waals surface area (Å²) in [5.74, 6) is -0.915. The van der Waals surface area contributed by atoms with Gasteiger partial charge >= 0.3 is 5.97 Å². The zero-order valence-electron chi connectivity index (χ0n) is 18.3. The maximum absolute atomic E-state index is 12.4. The van der Waals surface area contributed by atoms with Crippen molar-refractivity contribution in [1.82, 2.24) is 5.32 Å². The monoisotopic (exact) mass is 471 g/mol. The van der Waals surface area contributed by atoms with Gasteiger partial charge in [0.15, 0.2) is 5.17 Å². The summed E-state index contributed by atoms with van der Waals surface area (Å²) in [5.41, 5.74) is 4.13. The van der Waals surface area contributed by atoms with Crippen molar-refractivity contribution in [2.45, 2.75) is 13.0 Å². The molecule has 1 fully saturated rings. The van der Waals surface area contributed by atoms with Gasteiger partial charge in [0.2, 0.25) is 6.04 Å². The second-order valence-electron chi connectivity index (χ2n) is 7.32. The molecule has 1 saturated heterocycles. The lowest BCUT2D eigenvalue weighted by Crippen LogP contribution is -2.19. The highest BCUT2D eigenvalue weighted by Gasteiger charge is 2.25. The molecule has 1 heterocycles. The van der Waals surface area contributed by atoms with Crippen LogP contribution in [-0.4, -0.2) is 23.7 Å². The first-order valence-corrected chi connectivity index (χ1v) is 11.4. The van der Waals surface area contributed by atoms with E-state index in [-0.39, 0.29) is 12.5 Å². The van der Waals surface area contributed by atoms with Gasteiger partial charge in [-0.2, -0.15) is 0 Å². The average Bonchev–Trinajstić information content (AvgIpc) is 3.20. The normalized spacial score (nSPS) is 16.3. The van der Waals surface area contributed by atoms with Gasteiger partial charge in [0, 0.05) is 0 Å². The number of hydrogen-bond donors (Lipinski definition) is 1. The van der Waals surface area contributed by atoms with E-state index in [0.717, 1.165) is 16.7 Å². The molecule has 0 radical (unpaired) electrons. The van der Waals surface area contributed by atoms with Crippen LogP contribution in [0.2, 0.25) is 0 Å². The SMILES string of the molecule is CCOC(=O)C(N=O)c1ccc(N=C2NC(=O)C(=Cc3ccc(-c4ccccc4)cc3)S2)cc1. The lowest BCUT2D eigenvalue weighted by atomic mass is 10.0. The van der Waals surface area contributed by atoms with Crippen LogP contribution in [0.5, 0.6) is 0 Å². The fraction of sp³-hybridized carbons (Fsp3) is 0.115. The molecule has 1 N–H and O–H groups in total. The minimum absolute atomic E-state index is 0.167. The molecule has 0 aromatic heterocycles. The molecular formula is C26H21N3O4S. The molecule has 1 unspecified atom stereocenters. The summed E-state index contributed by atoms with van der Waals surface area (Å²) in [6.45, 7) is 1.83. The zero-order chi connectivity index (χ0) is 23.9. The lowest BCUT2D eigenvalue weighted by Gasteiger charge is -2.08. The van der Waals surface area contributed by atoms with E-state index < -0.39 is 12.0 Å². The number of amidine groups is 1. The van der Waals surface area contributed by atoms with E-state index in [9.17, 15) is 14.5 Å². The van der Waals surface area contributed by atoms with Crippen LogP contribution in [0.15, 0.2) is 93.9 Å². The molecule has 0 spiro atoms. The van der Waals surface area contributed by atoms with Gasteiger partial charge in [0.25, 0.3) is 5.91 Å². The first kappa shape index (κ1) is 23.1. The van der Waals surface area contributed by atoms with Crippen molar-refractivity contribution in [3.63, 3.8) is 0 Å². The Kier molecular flexibility index (Phi) is 7.29. The Morgan fingerprint density at radius 2 is 1.68 bits per heavy atom. The predicted octanol–water partition coefficient (Wildman–Crippen LogP) is 5.62. The van der Waals surface area contributed by atoms with Gasteiger partial charge in [0.1, 0.15) is 0 Å². The number of aliphatic imine (C=N–C) groups is 1. The molecular weight excluding hydrogens is 450 g/mol. The highest BCUT2D eigenvalue weighted by molar-refractivity contribution is 8.18. The molecule has 0 aliphatic carbocycles. The van der Waals surface area contributed by atoms with Gasteiger partial charge in [-0.3, -0.25) is 4.79 Å². The second kappa shape index (κ2) is 10.7. The quantitative estimate of drug-likeness (QED) is 0.274. The van der Waals surface area contributed by atoms with E-state index in [1.165, 1.54) is 11.8 Å². The van der Waals surface area contributed by atoms with Crippen LogP contribution in [0.1, 0.15) is 24.1 Å². The summed E-state index contributed by atoms with van der Waals surface area (Å²) in [4.78, 5) is 40.3. The summed E-state index contributed by atoms with van der Waals surface area (Å²) in [7, 11) is 0. The lowest BCUT2D eigenvalue weighted by molar-refractivity contribution is -0.144. The fourth-order valence-electron chi connectivity index (χ4n) is 3.34. The number of thioether (sulfide) groups is 1. The van der Waals surface area contributed by atoms with Crippen molar-refractivity contribution in [3.8, 4) is 11.1 Å². The molecule has 4 rings (SSSR count). The predicted molar refractivity (Wildman–Crippen MR) is 134 cm³/mol. The number of nitroso groups, excluding NO2 is 1. The van der Waals surface area contributed by atoms with Gasteiger partial charge in [-0.05, 0) is 64.3 Å². The number of amides is 1. The van der Waals surface area contributed by atoms with E-state index in [4.69, 9.17) is 4.74 Å². The minimum Gasteiger partial charge on any atom is -0.464 e. The molecule has 3 aromatic rings. The number of carbonyl (C=O) groups is 2. The zero-order valence-corrected chi connectivity index (χ0v) is 19.1. The standard InChI is InChI=1S/C26H21N3O4S/c1-2-33-25(31)23(29-32)20-12-14-21(15-13-20)27-26-28-24(30)22(34-26)16-17-8-10-19(11-9-17)18-6-4-3-5-7-18/h3-16,23H,2H2,1H3,(H,27,28,30). The molecule has 3 aromatic carbocycles. The van der Waals surface area contributed by atoms with E-state index in [1.54, 1.807) is 31.2 Å². The Labute approximate surface area is 200 Å². The number of nitrogens with one attached hydrogen (secondary N) is 1. The summed E-state index contributed by atoms with van der Waals surface area (Å²) in [5, 5.41) is 6.06. The molecule has 1 atom stereocenters. The third-order valence-corrected chi connectivity index (χ3v) is 5.93. The molecule has 8 heteroatoms. The van der Waals surface area contributed by atoms with E-state index in [0.29, 0.717) is 21.3 Å². The van der Waals surface area contributed by atoms with Gasteiger partial charge in [-0.25, -0.2) is 9.79 Å². The van der Waals surface area contributed by atoms with Crippen LogP contribution < -0.4 is 5.32 Å². The van der Waals surface area contributed by atoms with E-state index >= 15 is 0 Å². The average molecular weight is 472 g/mol. The van der Waals surface area contributed by atoms with Crippen LogP contribution in [0.25, 0.3) is 17.2 Å². The number of esters is 1. The number of hydrogen-bond acceptors (Lipinski definition) is 7. The third-order valence-electron chi connectivity index (χ3n) is 5.02. The number of nitrogens with zero attached hydrogens (tertiary/aromatic N) is 2. The first-order valence-electron chi connectivity index (χ1n) is 10.6. The van der Waals surface area contributed by atoms with Gasteiger partial charge < -0.3 is 10.1 Å². The highest BCUT2D eigenvalue weighted by atomic mass is 32.2. The summed E-state index contributed by atoms with van der Waals surface area (Å²) < 4.78 is 4.87. The smallest absolute Gasteiger partial charge is 0.339 e. The van der Waals surface area contributed by atoms with Crippen LogP contribution in [0.4, 0.5) is 5.69 Å². The maximum Gasteiger partial charge on any atom is 0.339 e. The Balaban J connectivity index is 1.46. The van der Waals surface area contributed by atoms with Gasteiger partial charge in [-0.15, -0.1) is 4.91 Å². The molecule has 1 aliphatic heterocycles. The van der Waals surface area contributed by atoms with Crippen molar-refractivity contribution in [2.75, 3.05) is 6.61 Å². The van der Waals surface area contributed by atoms with Crippen molar-refractivity contribution < 1.29 is 14.3 Å². The highest BCUT2D eigenvalue weighted by Crippen LogP contribution is 2.29. The van der Waals surface area contributed by atoms with Crippen molar-refractivity contribution in [2.24, 2.45) is 10.2 Å². The molecule has 0 saturated carbocycles. The Morgan fingerprint density at radius 3 is 2.32 bits per heavy atom. The number of carbonyl (C=O) groups excluding carboxylic acids is 2. The van der Waals surface area contributed by atoms with Crippen LogP contribution >= 0.6 is 11.8 Å². The summed E-state index contributed by atoms with van der Waals surface area (Å²) in [6, 6.07) is 23.3. The van der Waals surface area contributed by atoms with Gasteiger partial charge in [-0.1, -0.05) is 66.7 Å². The number of benzene rings is 3. The molecule has 1 aliphatic rings. The van der Waals surface area contributed by atoms with Crippen molar-refractivity contribution >= 4 is 40.6 Å². The van der Waals surface area contributed by atoms with E-state index in [2.05, 4.69) is 27.6 Å². The number of rotatable bonds is 7. The summed E-state index contributed by atoms with van der Waals surface area (Å²) in [6.07, 6.45) is 1.82. The molecule has 0 bridgehead atoms. The largest absolute Gasteiger partial charge is 0.464 e. The van der Waals surface area contributed by atoms with Crippen LogP contribution in [0, 0.1) is 4.91 Å². The molecule has 7 nitrogen and oxygen atoms in total. The van der Waals surface area contributed by atoms with Crippen LogP contribution in [0.3, 0.4) is 0 Å². The van der Waals surface area contributed by atoms with Crippen molar-refractivity contribution in [3.05, 3.63) is 99.8 Å². The fourth-order valence-corrected chi connectivity index (χ4v) is 4.19. The third kappa shape index (κ3) is 5.47.